The Morgan fingerprint density at radius 1 is 1.06 bits per heavy atom. The molecule has 1 saturated carbocycles. The predicted molar refractivity (Wildman–Crippen MR) is 135 cm³/mol. The number of hydrogen-bond donors (Lipinski definition) is 1. The minimum absolute atomic E-state index is 0.0260. The van der Waals surface area contributed by atoms with Crippen LogP contribution in [0, 0.1) is 5.92 Å². The summed E-state index contributed by atoms with van der Waals surface area (Å²) >= 11 is 0. The van der Waals surface area contributed by atoms with E-state index in [4.69, 9.17) is 4.74 Å². The summed E-state index contributed by atoms with van der Waals surface area (Å²) in [5, 5.41) is 4.47. The van der Waals surface area contributed by atoms with Crippen LogP contribution in [-0.2, 0) is 20.2 Å². The van der Waals surface area contributed by atoms with Crippen molar-refractivity contribution in [3.8, 4) is 5.75 Å². The molecule has 6 nitrogen and oxygen atoms in total. The average Bonchev–Trinajstić information content (AvgIpc) is 3.37. The molecular formula is C27H34N2O4S. The van der Waals surface area contributed by atoms with E-state index in [9.17, 15) is 13.2 Å². The molecule has 2 fully saturated rings. The maximum atomic E-state index is 13.0. The van der Waals surface area contributed by atoms with E-state index >= 15 is 0 Å². The van der Waals surface area contributed by atoms with Crippen molar-refractivity contribution in [3.05, 3.63) is 71.1 Å². The van der Waals surface area contributed by atoms with Gasteiger partial charge in [0.1, 0.15) is 5.75 Å². The maximum absolute atomic E-state index is 13.0. The number of para-hydroxylation sites is 1. The molecule has 1 saturated heterocycles. The number of nitrogens with zero attached hydrogens (tertiary/aromatic N) is 1. The van der Waals surface area contributed by atoms with Crippen LogP contribution in [-0.4, -0.2) is 45.4 Å². The molecule has 1 aliphatic carbocycles. The summed E-state index contributed by atoms with van der Waals surface area (Å²) in [6.07, 6.45) is 7.02. The number of ether oxygens (including phenoxy) is 1. The SMILES string of the molecule is COc1ccccc1C1(CNC(=O)C2CCN(S(=O)(=O)C=Cc3ccccc3)CC2)CCCC1. The van der Waals surface area contributed by atoms with Crippen LogP contribution < -0.4 is 10.1 Å². The zero-order valence-electron chi connectivity index (χ0n) is 19.8. The molecule has 0 unspecified atom stereocenters. The van der Waals surface area contributed by atoms with Crippen molar-refractivity contribution < 1.29 is 17.9 Å². The molecule has 4 rings (SSSR count). The largest absolute Gasteiger partial charge is 0.496 e. The van der Waals surface area contributed by atoms with Gasteiger partial charge in [-0.05, 0) is 43.4 Å². The van der Waals surface area contributed by atoms with Crippen LogP contribution in [0.3, 0.4) is 0 Å². The number of benzene rings is 2. The summed E-state index contributed by atoms with van der Waals surface area (Å²) < 4.78 is 32.5. The number of amides is 1. The fourth-order valence-electron chi connectivity index (χ4n) is 5.26. The van der Waals surface area contributed by atoms with Gasteiger partial charge in [0, 0.05) is 41.9 Å². The molecule has 0 aromatic heterocycles. The number of nitrogens with one attached hydrogen (secondary N) is 1. The van der Waals surface area contributed by atoms with Crippen LogP contribution in [0.5, 0.6) is 5.75 Å². The van der Waals surface area contributed by atoms with E-state index in [0.717, 1.165) is 37.0 Å². The zero-order chi connectivity index (χ0) is 24.0. The van der Waals surface area contributed by atoms with E-state index in [1.54, 1.807) is 13.2 Å². The number of rotatable bonds is 8. The third kappa shape index (κ3) is 5.53. The summed E-state index contributed by atoms with van der Waals surface area (Å²) in [6.45, 7) is 1.30. The van der Waals surface area contributed by atoms with Gasteiger partial charge in [0.15, 0.2) is 0 Å². The Balaban J connectivity index is 1.34. The first-order valence-corrected chi connectivity index (χ1v) is 13.6. The first-order chi connectivity index (χ1) is 16.4. The molecular weight excluding hydrogens is 448 g/mol. The van der Waals surface area contributed by atoms with Gasteiger partial charge >= 0.3 is 0 Å². The Hall–Kier alpha value is -2.64. The predicted octanol–water partition coefficient (Wildman–Crippen LogP) is 4.34. The van der Waals surface area contributed by atoms with Gasteiger partial charge in [0.25, 0.3) is 0 Å². The van der Waals surface area contributed by atoms with Gasteiger partial charge < -0.3 is 10.1 Å². The topological polar surface area (TPSA) is 75.7 Å². The Morgan fingerprint density at radius 3 is 2.38 bits per heavy atom. The summed E-state index contributed by atoms with van der Waals surface area (Å²) in [7, 11) is -1.81. The van der Waals surface area contributed by atoms with Crippen molar-refractivity contribution in [2.24, 2.45) is 5.92 Å². The van der Waals surface area contributed by atoms with Crippen molar-refractivity contribution in [1.29, 1.82) is 0 Å². The number of sulfonamides is 1. The summed E-state index contributed by atoms with van der Waals surface area (Å²) in [4.78, 5) is 13.0. The molecule has 0 radical (unpaired) electrons. The van der Waals surface area contributed by atoms with Gasteiger partial charge in [0.2, 0.25) is 15.9 Å². The van der Waals surface area contributed by atoms with E-state index in [1.165, 1.54) is 15.3 Å². The molecule has 2 aromatic rings. The molecule has 1 aliphatic heterocycles. The van der Waals surface area contributed by atoms with Gasteiger partial charge in [-0.3, -0.25) is 4.79 Å². The molecule has 1 heterocycles. The minimum Gasteiger partial charge on any atom is -0.496 e. The molecule has 0 spiro atoms. The van der Waals surface area contributed by atoms with Crippen molar-refractivity contribution in [1.82, 2.24) is 9.62 Å². The molecule has 1 N–H and O–H groups in total. The molecule has 34 heavy (non-hydrogen) atoms. The van der Waals surface area contributed by atoms with Crippen LogP contribution in [0.15, 0.2) is 60.0 Å². The highest BCUT2D eigenvalue weighted by Gasteiger charge is 2.39. The minimum atomic E-state index is -3.50. The Bertz CT molecular complexity index is 1100. The molecule has 0 atom stereocenters. The van der Waals surface area contributed by atoms with E-state index in [2.05, 4.69) is 11.4 Å². The van der Waals surface area contributed by atoms with Gasteiger partial charge in [-0.15, -0.1) is 0 Å². The van der Waals surface area contributed by atoms with Gasteiger partial charge in [0.05, 0.1) is 7.11 Å². The Kier molecular flexibility index (Phi) is 7.73. The van der Waals surface area contributed by atoms with Crippen molar-refractivity contribution in [3.63, 3.8) is 0 Å². The second-order valence-electron chi connectivity index (χ2n) is 9.34. The monoisotopic (exact) mass is 482 g/mol. The molecule has 2 aliphatic rings. The van der Waals surface area contributed by atoms with Crippen LogP contribution in [0.1, 0.15) is 49.7 Å². The number of piperidine rings is 1. The van der Waals surface area contributed by atoms with Crippen molar-refractivity contribution in [2.75, 3.05) is 26.7 Å². The Labute approximate surface area is 203 Å². The standard InChI is InChI=1S/C27H34N2O4S/c1-33-25-12-6-5-11-24(25)27(16-7-8-17-27)21-28-26(30)23-13-18-29(19-14-23)34(31,32)20-15-22-9-3-2-4-10-22/h2-6,9-12,15,20,23H,7-8,13-14,16-19,21H2,1H3,(H,28,30). The lowest BCUT2D eigenvalue weighted by atomic mass is 9.78. The third-order valence-corrected chi connectivity index (χ3v) is 8.82. The van der Waals surface area contributed by atoms with E-state index in [-0.39, 0.29) is 17.2 Å². The zero-order valence-corrected chi connectivity index (χ0v) is 20.6. The van der Waals surface area contributed by atoms with E-state index in [0.29, 0.717) is 32.5 Å². The lowest BCUT2D eigenvalue weighted by Crippen LogP contribution is -2.45. The average molecular weight is 483 g/mol. The smallest absolute Gasteiger partial charge is 0.236 e. The highest BCUT2D eigenvalue weighted by Crippen LogP contribution is 2.44. The van der Waals surface area contributed by atoms with Gasteiger partial charge in [-0.25, -0.2) is 8.42 Å². The maximum Gasteiger partial charge on any atom is 0.236 e. The quantitative estimate of drug-likeness (QED) is 0.608. The number of hydrogen-bond acceptors (Lipinski definition) is 4. The second-order valence-corrected chi connectivity index (χ2v) is 11.2. The lowest BCUT2D eigenvalue weighted by Gasteiger charge is -2.33. The summed E-state index contributed by atoms with van der Waals surface area (Å²) in [5.41, 5.74) is 1.91. The van der Waals surface area contributed by atoms with Crippen LogP contribution in [0.2, 0.25) is 0 Å². The summed E-state index contributed by atoms with van der Waals surface area (Å²) in [6, 6.07) is 17.5. The number of carbonyl (C=O) groups is 1. The van der Waals surface area contributed by atoms with E-state index < -0.39 is 10.0 Å². The highest BCUT2D eigenvalue weighted by atomic mass is 32.2. The first-order valence-electron chi connectivity index (χ1n) is 12.1. The van der Waals surface area contributed by atoms with Crippen molar-refractivity contribution in [2.45, 2.75) is 43.9 Å². The fraction of sp³-hybridized carbons (Fsp3) is 0.444. The van der Waals surface area contributed by atoms with E-state index in [1.807, 2.05) is 48.5 Å². The number of carbonyl (C=O) groups excluding carboxylic acids is 1. The fourth-order valence-corrected chi connectivity index (χ4v) is 6.48. The molecule has 182 valence electrons. The van der Waals surface area contributed by atoms with Crippen LogP contribution in [0.25, 0.3) is 6.08 Å². The normalized spacial score (nSPS) is 19.3. The lowest BCUT2D eigenvalue weighted by molar-refractivity contribution is -0.126. The molecule has 0 bridgehead atoms. The Morgan fingerprint density at radius 2 is 1.71 bits per heavy atom. The van der Waals surface area contributed by atoms with Crippen LogP contribution in [0.4, 0.5) is 0 Å². The first kappa shape index (κ1) is 24.5. The highest BCUT2D eigenvalue weighted by molar-refractivity contribution is 7.92. The molecule has 2 aromatic carbocycles. The third-order valence-electron chi connectivity index (χ3n) is 7.26. The second kappa shape index (κ2) is 10.7. The summed E-state index contributed by atoms with van der Waals surface area (Å²) in [5.74, 6) is 0.736. The number of methoxy groups -OCH3 is 1. The van der Waals surface area contributed by atoms with Crippen LogP contribution >= 0.6 is 0 Å². The van der Waals surface area contributed by atoms with Crippen molar-refractivity contribution >= 4 is 22.0 Å². The van der Waals surface area contributed by atoms with Gasteiger partial charge in [-0.2, -0.15) is 4.31 Å². The molecule has 7 heteroatoms. The molecule has 1 amide bonds. The van der Waals surface area contributed by atoms with Gasteiger partial charge in [-0.1, -0.05) is 61.4 Å².